The maximum Gasteiger partial charge on any atom is 0.0124 e. The van der Waals surface area contributed by atoms with Gasteiger partial charge in [0.2, 0.25) is 0 Å². The normalized spacial score (nSPS) is 10.9. The maximum absolute atomic E-state index is 4.51. The fourth-order valence-corrected chi connectivity index (χ4v) is 3.26. The van der Waals surface area contributed by atoms with E-state index in [2.05, 4.69) is 41.4 Å². The van der Waals surface area contributed by atoms with Crippen molar-refractivity contribution in [3.05, 3.63) is 54.0 Å². The van der Waals surface area contributed by atoms with Crippen molar-refractivity contribution in [3.63, 3.8) is 0 Å². The van der Waals surface area contributed by atoms with Crippen molar-refractivity contribution >= 4 is 43.1 Å². The summed E-state index contributed by atoms with van der Waals surface area (Å²) in [5.41, 5.74) is 1.06. The number of benzene rings is 2. The fraction of sp³-hybridized carbons (Fsp3) is 0. The number of aromatic nitrogens is 1. The van der Waals surface area contributed by atoms with Gasteiger partial charge in [-0.05, 0) is 22.4 Å². The Balaban J connectivity index is 0.000001000. The molecule has 0 amide bonds. The van der Waals surface area contributed by atoms with Gasteiger partial charge < -0.3 is 4.98 Å². The number of thiophene rings is 1. The number of hydrogen-bond acceptors (Lipinski definition) is 2. The minimum atomic E-state index is 0. The first-order valence-electron chi connectivity index (χ1n) is 5.49. The van der Waals surface area contributed by atoms with Gasteiger partial charge >= 0.3 is 0 Å². The van der Waals surface area contributed by atoms with Gasteiger partial charge in [-0.15, -0.1) is 5.39 Å². The van der Waals surface area contributed by atoms with Gasteiger partial charge in [-0.1, -0.05) is 45.8 Å². The van der Waals surface area contributed by atoms with E-state index < -0.39 is 0 Å². The summed E-state index contributed by atoms with van der Waals surface area (Å²) in [7, 11) is 0. The van der Waals surface area contributed by atoms with Gasteiger partial charge in [0, 0.05) is 26.3 Å². The SMILES string of the molecule is [Ir].[c-]1csc2c1c1ncccc1c1ccccc12. The van der Waals surface area contributed by atoms with E-state index in [-0.39, 0.29) is 20.1 Å². The molecule has 4 aromatic rings. The predicted octanol–water partition coefficient (Wildman–Crippen LogP) is 4.40. The fourth-order valence-electron chi connectivity index (χ4n) is 2.38. The molecule has 0 saturated heterocycles. The van der Waals surface area contributed by atoms with E-state index in [1.54, 1.807) is 11.3 Å². The van der Waals surface area contributed by atoms with E-state index in [0.29, 0.717) is 0 Å². The number of hydrogen-bond donors (Lipinski definition) is 0. The zero-order valence-electron chi connectivity index (χ0n) is 9.31. The van der Waals surface area contributed by atoms with E-state index in [1.165, 1.54) is 20.9 Å². The summed E-state index contributed by atoms with van der Waals surface area (Å²) in [6.07, 6.45) is 1.85. The van der Waals surface area contributed by atoms with Gasteiger partial charge in [-0.3, -0.25) is 0 Å². The molecule has 0 spiro atoms. The zero-order chi connectivity index (χ0) is 11.2. The summed E-state index contributed by atoms with van der Waals surface area (Å²) in [5.74, 6) is 0. The molecule has 0 atom stereocenters. The van der Waals surface area contributed by atoms with Crippen molar-refractivity contribution in [2.24, 2.45) is 0 Å². The molecule has 0 N–H and O–H groups in total. The minimum Gasteiger partial charge on any atom is -0.320 e. The van der Waals surface area contributed by atoms with Gasteiger partial charge in [0.25, 0.3) is 0 Å². The zero-order valence-corrected chi connectivity index (χ0v) is 12.5. The van der Waals surface area contributed by atoms with Crippen LogP contribution in [0, 0.1) is 6.07 Å². The first kappa shape index (κ1) is 11.8. The summed E-state index contributed by atoms with van der Waals surface area (Å²) in [6.45, 7) is 0. The molecule has 1 nitrogen and oxygen atoms in total. The standard InChI is InChI=1S/C15H8NS.Ir/c1-2-5-12-10(4-1)11-6-3-8-16-14(11)13-7-9-17-15(12)13;/h1-6,8-9H;/q-1;. The van der Waals surface area contributed by atoms with Crippen LogP contribution in [0.5, 0.6) is 0 Å². The Bertz CT molecular complexity index is 781. The molecular weight excluding hydrogens is 418 g/mol. The second kappa shape index (κ2) is 4.43. The van der Waals surface area contributed by atoms with Crippen molar-refractivity contribution < 1.29 is 20.1 Å². The molecule has 1 radical (unpaired) electrons. The van der Waals surface area contributed by atoms with Crippen LogP contribution in [0.3, 0.4) is 0 Å². The van der Waals surface area contributed by atoms with Gasteiger partial charge in [0.1, 0.15) is 0 Å². The molecule has 3 heteroatoms. The molecular formula is C15H8IrNS-. The van der Waals surface area contributed by atoms with Crippen LogP contribution in [0.25, 0.3) is 31.8 Å². The molecule has 0 aliphatic rings. The van der Waals surface area contributed by atoms with E-state index in [4.69, 9.17) is 0 Å². The van der Waals surface area contributed by atoms with Crippen LogP contribution in [-0.4, -0.2) is 4.98 Å². The average molecular weight is 427 g/mol. The molecule has 18 heavy (non-hydrogen) atoms. The molecule has 0 aliphatic heterocycles. The van der Waals surface area contributed by atoms with Crippen LogP contribution in [0.1, 0.15) is 0 Å². The second-order valence-electron chi connectivity index (χ2n) is 4.03. The third-order valence-corrected chi connectivity index (χ3v) is 4.01. The number of rotatable bonds is 0. The molecule has 0 unspecified atom stereocenters. The molecule has 2 heterocycles. The first-order valence-corrected chi connectivity index (χ1v) is 6.37. The number of fused-ring (bicyclic) bond motifs is 6. The summed E-state index contributed by atoms with van der Waals surface area (Å²) < 4.78 is 1.28. The third-order valence-electron chi connectivity index (χ3n) is 3.11. The Kier molecular flexibility index (Phi) is 2.90. The first-order chi connectivity index (χ1) is 8.45. The van der Waals surface area contributed by atoms with Crippen molar-refractivity contribution in [2.75, 3.05) is 0 Å². The van der Waals surface area contributed by atoms with Crippen LogP contribution >= 0.6 is 11.3 Å². The number of pyridine rings is 1. The van der Waals surface area contributed by atoms with E-state index in [0.717, 1.165) is 10.9 Å². The van der Waals surface area contributed by atoms with Crippen molar-refractivity contribution in [3.8, 4) is 0 Å². The topological polar surface area (TPSA) is 12.9 Å². The summed E-state index contributed by atoms with van der Waals surface area (Å²) >= 11 is 1.74. The van der Waals surface area contributed by atoms with Gasteiger partial charge in [-0.25, -0.2) is 11.3 Å². The van der Waals surface area contributed by atoms with Crippen LogP contribution in [0.15, 0.2) is 48.0 Å². The van der Waals surface area contributed by atoms with E-state index in [1.807, 2.05) is 17.6 Å². The van der Waals surface area contributed by atoms with Gasteiger partial charge in [-0.2, -0.15) is 6.07 Å². The van der Waals surface area contributed by atoms with Crippen LogP contribution in [0.4, 0.5) is 0 Å². The van der Waals surface area contributed by atoms with Crippen molar-refractivity contribution in [1.82, 2.24) is 4.98 Å². The third kappa shape index (κ3) is 1.52. The maximum atomic E-state index is 4.51. The molecule has 0 bridgehead atoms. The smallest absolute Gasteiger partial charge is 0.0124 e. The second-order valence-corrected chi connectivity index (χ2v) is 4.91. The average Bonchev–Trinajstić information content (AvgIpc) is 2.89. The largest absolute Gasteiger partial charge is 0.320 e. The van der Waals surface area contributed by atoms with Crippen molar-refractivity contribution in [1.29, 1.82) is 0 Å². The summed E-state index contributed by atoms with van der Waals surface area (Å²) in [5, 5.41) is 6.95. The van der Waals surface area contributed by atoms with Crippen LogP contribution < -0.4 is 0 Å². The molecule has 4 rings (SSSR count). The molecule has 0 fully saturated rings. The molecule has 0 saturated carbocycles. The van der Waals surface area contributed by atoms with Gasteiger partial charge in [0.15, 0.2) is 0 Å². The quantitative estimate of drug-likeness (QED) is 0.300. The van der Waals surface area contributed by atoms with Gasteiger partial charge in [0.05, 0.1) is 0 Å². The number of nitrogens with zero attached hydrogens (tertiary/aromatic N) is 1. The Morgan fingerprint density at radius 2 is 1.72 bits per heavy atom. The Hall–Kier alpha value is -1.28. The summed E-state index contributed by atoms with van der Waals surface area (Å²) in [6, 6.07) is 15.9. The molecule has 2 aromatic heterocycles. The van der Waals surface area contributed by atoms with E-state index in [9.17, 15) is 0 Å². The van der Waals surface area contributed by atoms with E-state index >= 15 is 0 Å². The Morgan fingerprint density at radius 3 is 2.61 bits per heavy atom. The molecule has 0 aliphatic carbocycles. The minimum absolute atomic E-state index is 0. The van der Waals surface area contributed by atoms with Crippen LogP contribution in [0.2, 0.25) is 0 Å². The predicted molar refractivity (Wildman–Crippen MR) is 73.5 cm³/mol. The molecule has 2 aromatic carbocycles. The Labute approximate surface area is 122 Å². The summed E-state index contributed by atoms with van der Waals surface area (Å²) in [4.78, 5) is 4.51. The Morgan fingerprint density at radius 1 is 0.944 bits per heavy atom. The molecule has 89 valence electrons. The monoisotopic (exact) mass is 427 g/mol. The van der Waals surface area contributed by atoms with Crippen LogP contribution in [-0.2, 0) is 20.1 Å². The van der Waals surface area contributed by atoms with Crippen molar-refractivity contribution in [2.45, 2.75) is 0 Å².